The lowest BCUT2D eigenvalue weighted by molar-refractivity contribution is 0.150. The van der Waals surface area contributed by atoms with Gasteiger partial charge in [0.05, 0.1) is 0 Å². The smallest absolute Gasteiger partial charge is 0.407 e. The van der Waals surface area contributed by atoms with Gasteiger partial charge >= 0.3 is 6.09 Å². The van der Waals surface area contributed by atoms with Crippen LogP contribution in [0.3, 0.4) is 0 Å². The first-order valence-electron chi connectivity index (χ1n) is 7.45. The van der Waals surface area contributed by atoms with E-state index in [-0.39, 0.29) is 11.7 Å². The van der Waals surface area contributed by atoms with Crippen molar-refractivity contribution in [2.75, 3.05) is 13.1 Å². The average molecular weight is 302 g/mol. The average Bonchev–Trinajstić information content (AvgIpc) is 2.93. The largest absolute Gasteiger partial charge is 0.465 e. The summed E-state index contributed by atoms with van der Waals surface area (Å²) in [6.07, 6.45) is 3.28. The molecule has 2 heterocycles. The zero-order valence-corrected chi connectivity index (χ0v) is 12.7. The third kappa shape index (κ3) is 2.36. The van der Waals surface area contributed by atoms with Gasteiger partial charge in [-0.15, -0.1) is 0 Å². The molecule has 1 aromatic heterocycles. The van der Waals surface area contributed by atoms with Gasteiger partial charge in [-0.2, -0.15) is 0 Å². The molecule has 1 aliphatic rings. The van der Waals surface area contributed by atoms with Gasteiger partial charge < -0.3 is 15.0 Å². The van der Waals surface area contributed by atoms with Gasteiger partial charge in [0.15, 0.2) is 0 Å². The number of halogens is 1. The van der Waals surface area contributed by atoms with Gasteiger partial charge in [0.2, 0.25) is 0 Å². The molecule has 116 valence electrons. The summed E-state index contributed by atoms with van der Waals surface area (Å²) in [5.41, 5.74) is 3.23. The quantitative estimate of drug-likeness (QED) is 0.873. The van der Waals surface area contributed by atoms with E-state index in [0.717, 1.165) is 16.7 Å². The zero-order chi connectivity index (χ0) is 15.9. The first-order valence-corrected chi connectivity index (χ1v) is 7.45. The molecule has 0 unspecified atom stereocenters. The minimum atomic E-state index is -0.932. The highest BCUT2D eigenvalue weighted by atomic mass is 19.1. The summed E-state index contributed by atoms with van der Waals surface area (Å²) in [7, 11) is 0. The maximum Gasteiger partial charge on any atom is 0.407 e. The second-order valence-corrected chi connectivity index (χ2v) is 5.96. The molecule has 0 radical (unpaired) electrons. The van der Waals surface area contributed by atoms with Crippen LogP contribution in [0.2, 0.25) is 0 Å². The minimum absolute atomic E-state index is 0.211. The molecule has 0 atom stereocenters. The molecule has 1 aromatic carbocycles. The van der Waals surface area contributed by atoms with Gasteiger partial charge in [0, 0.05) is 35.8 Å². The molecule has 0 saturated heterocycles. The van der Waals surface area contributed by atoms with E-state index in [0.29, 0.717) is 30.5 Å². The molecule has 0 aliphatic carbocycles. The fourth-order valence-corrected chi connectivity index (χ4v) is 3.00. The van der Waals surface area contributed by atoms with Crippen LogP contribution in [0, 0.1) is 5.82 Å². The van der Waals surface area contributed by atoms with Gasteiger partial charge in [-0.3, -0.25) is 0 Å². The number of aromatic nitrogens is 1. The van der Waals surface area contributed by atoms with E-state index >= 15 is 0 Å². The molecule has 0 saturated carbocycles. The molecule has 22 heavy (non-hydrogen) atoms. The van der Waals surface area contributed by atoms with Crippen molar-refractivity contribution >= 4 is 22.6 Å². The van der Waals surface area contributed by atoms with Crippen LogP contribution < -0.4 is 0 Å². The summed E-state index contributed by atoms with van der Waals surface area (Å²) in [5, 5.41) is 9.63. The Bertz CT molecular complexity index is 761. The summed E-state index contributed by atoms with van der Waals surface area (Å²) in [6, 6.07) is 3.67. The Balaban J connectivity index is 2.03. The van der Waals surface area contributed by atoms with Crippen LogP contribution in [0.15, 0.2) is 24.4 Å². The van der Waals surface area contributed by atoms with E-state index in [1.54, 1.807) is 6.07 Å². The number of aromatic amines is 1. The number of H-pyrrole nitrogens is 1. The minimum Gasteiger partial charge on any atom is -0.465 e. The number of carboxylic acid groups (broad SMARTS) is 1. The number of rotatable bonds is 2. The maximum atomic E-state index is 15.0. The van der Waals surface area contributed by atoms with Gasteiger partial charge in [0.1, 0.15) is 5.82 Å². The Hall–Kier alpha value is -2.30. The van der Waals surface area contributed by atoms with E-state index in [1.165, 1.54) is 4.90 Å². The Labute approximate surface area is 128 Å². The van der Waals surface area contributed by atoms with Crippen LogP contribution in [0.4, 0.5) is 9.18 Å². The van der Waals surface area contributed by atoms with Crippen molar-refractivity contribution in [2.45, 2.75) is 26.2 Å². The fourth-order valence-electron chi connectivity index (χ4n) is 3.00. The predicted octanol–water partition coefficient (Wildman–Crippen LogP) is 4.20. The number of fused-ring (bicyclic) bond motifs is 1. The van der Waals surface area contributed by atoms with Crippen molar-refractivity contribution in [1.82, 2.24) is 9.88 Å². The van der Waals surface area contributed by atoms with Crippen molar-refractivity contribution in [2.24, 2.45) is 0 Å². The van der Waals surface area contributed by atoms with Crippen LogP contribution in [-0.2, 0) is 0 Å². The van der Waals surface area contributed by atoms with E-state index in [9.17, 15) is 9.18 Å². The normalized spacial score (nSPS) is 15.5. The molecule has 1 amide bonds. The number of nitrogens with zero attached hydrogens (tertiary/aromatic N) is 1. The van der Waals surface area contributed by atoms with Crippen molar-refractivity contribution in [3.63, 3.8) is 0 Å². The zero-order valence-electron chi connectivity index (χ0n) is 12.7. The summed E-state index contributed by atoms with van der Waals surface area (Å²) < 4.78 is 15.0. The third-order valence-electron chi connectivity index (χ3n) is 4.26. The highest BCUT2D eigenvalue weighted by molar-refractivity contribution is 5.88. The number of hydrogen-bond donors (Lipinski definition) is 2. The highest BCUT2D eigenvalue weighted by Crippen LogP contribution is 2.33. The Morgan fingerprint density at radius 1 is 1.41 bits per heavy atom. The van der Waals surface area contributed by atoms with Crippen LogP contribution >= 0.6 is 0 Å². The molecular weight excluding hydrogens is 283 g/mol. The van der Waals surface area contributed by atoms with Crippen LogP contribution in [-0.4, -0.2) is 34.2 Å². The molecule has 0 fully saturated rings. The van der Waals surface area contributed by atoms with E-state index in [2.05, 4.69) is 4.98 Å². The number of hydrogen-bond acceptors (Lipinski definition) is 1. The number of nitrogens with one attached hydrogen (secondary N) is 1. The summed E-state index contributed by atoms with van der Waals surface area (Å²) in [4.78, 5) is 15.4. The Morgan fingerprint density at radius 2 is 2.18 bits per heavy atom. The fraction of sp³-hybridized carbons (Fsp3) is 0.353. The number of carbonyl (C=O) groups is 1. The highest BCUT2D eigenvalue weighted by Gasteiger charge is 2.21. The lowest BCUT2D eigenvalue weighted by Crippen LogP contribution is -2.33. The number of amides is 1. The van der Waals surface area contributed by atoms with Gasteiger partial charge in [0.25, 0.3) is 0 Å². The first kappa shape index (κ1) is 14.6. The van der Waals surface area contributed by atoms with E-state index in [1.807, 2.05) is 32.2 Å². The molecule has 0 spiro atoms. The predicted molar refractivity (Wildman–Crippen MR) is 84.5 cm³/mol. The van der Waals surface area contributed by atoms with Gasteiger partial charge in [-0.1, -0.05) is 19.9 Å². The summed E-state index contributed by atoms with van der Waals surface area (Å²) in [6.45, 7) is 4.80. The molecule has 3 rings (SSSR count). The topological polar surface area (TPSA) is 56.3 Å². The van der Waals surface area contributed by atoms with Gasteiger partial charge in [-0.05, 0) is 35.6 Å². The monoisotopic (exact) mass is 302 g/mol. The molecule has 5 heteroatoms. The third-order valence-corrected chi connectivity index (χ3v) is 4.26. The standard InChI is InChI=1S/C17H19FN2O2/c1-10(2)13-9-19-14-4-3-12(16(18)15(13)14)11-5-7-20(8-6-11)17(21)22/h3-5,9-10,19H,6-8H2,1-2H3,(H,21,22). The molecule has 4 nitrogen and oxygen atoms in total. The second kappa shape index (κ2) is 5.48. The van der Waals surface area contributed by atoms with E-state index in [4.69, 9.17) is 5.11 Å². The SMILES string of the molecule is CC(C)c1c[nH]c2ccc(C3=CCN(C(=O)O)CC3)c(F)c12. The van der Waals surface area contributed by atoms with Crippen molar-refractivity contribution in [3.8, 4) is 0 Å². The van der Waals surface area contributed by atoms with Crippen LogP contribution in [0.25, 0.3) is 16.5 Å². The van der Waals surface area contributed by atoms with Crippen molar-refractivity contribution in [1.29, 1.82) is 0 Å². The maximum absolute atomic E-state index is 15.0. The summed E-state index contributed by atoms with van der Waals surface area (Å²) >= 11 is 0. The van der Waals surface area contributed by atoms with E-state index < -0.39 is 6.09 Å². The lowest BCUT2D eigenvalue weighted by Gasteiger charge is -2.24. The second-order valence-electron chi connectivity index (χ2n) is 5.96. The molecule has 0 bridgehead atoms. The first-order chi connectivity index (χ1) is 10.5. The van der Waals surface area contributed by atoms with Crippen LogP contribution in [0.5, 0.6) is 0 Å². The van der Waals surface area contributed by atoms with Crippen LogP contribution in [0.1, 0.15) is 37.3 Å². The van der Waals surface area contributed by atoms with Gasteiger partial charge in [-0.25, -0.2) is 9.18 Å². The summed E-state index contributed by atoms with van der Waals surface area (Å²) in [5.74, 6) is 0.0267. The lowest BCUT2D eigenvalue weighted by atomic mass is 9.95. The number of benzene rings is 1. The Kier molecular flexibility index (Phi) is 3.64. The molecule has 2 N–H and O–H groups in total. The Morgan fingerprint density at radius 3 is 2.77 bits per heavy atom. The van der Waals surface area contributed by atoms with Crippen molar-refractivity contribution in [3.05, 3.63) is 41.3 Å². The molecule has 2 aromatic rings. The molecule has 1 aliphatic heterocycles. The van der Waals surface area contributed by atoms with Crippen molar-refractivity contribution < 1.29 is 14.3 Å². The molecular formula is C17H19FN2O2.